The SMILES string of the molecule is N#Cc1ccc(C(=O)Nc2nc(-c3ccc(F)cc3F)cs2)cc1. The van der Waals surface area contributed by atoms with E-state index in [0.717, 1.165) is 23.5 Å². The zero-order chi connectivity index (χ0) is 17.1. The van der Waals surface area contributed by atoms with Crippen LogP contribution in [0.5, 0.6) is 0 Å². The van der Waals surface area contributed by atoms with Gasteiger partial charge in [-0.2, -0.15) is 5.26 Å². The third-order valence-corrected chi connectivity index (χ3v) is 3.97. The van der Waals surface area contributed by atoms with Crippen LogP contribution in [-0.4, -0.2) is 10.9 Å². The highest BCUT2D eigenvalue weighted by Crippen LogP contribution is 2.27. The Morgan fingerprint density at radius 1 is 1.17 bits per heavy atom. The zero-order valence-corrected chi connectivity index (χ0v) is 12.9. The molecule has 3 rings (SSSR count). The van der Waals surface area contributed by atoms with Crippen molar-refractivity contribution in [1.29, 1.82) is 5.26 Å². The minimum absolute atomic E-state index is 0.159. The number of carbonyl (C=O) groups is 1. The molecule has 2 aromatic carbocycles. The summed E-state index contributed by atoms with van der Waals surface area (Å²) < 4.78 is 26.7. The number of halogens is 2. The van der Waals surface area contributed by atoms with Crippen LogP contribution in [0.4, 0.5) is 13.9 Å². The first-order valence-corrected chi connectivity index (χ1v) is 7.67. The lowest BCUT2D eigenvalue weighted by Gasteiger charge is -2.02. The largest absolute Gasteiger partial charge is 0.298 e. The topological polar surface area (TPSA) is 65.8 Å². The Hall–Kier alpha value is -3.11. The summed E-state index contributed by atoms with van der Waals surface area (Å²) in [5.74, 6) is -1.77. The summed E-state index contributed by atoms with van der Waals surface area (Å²) in [6, 6.07) is 11.3. The van der Waals surface area contributed by atoms with E-state index >= 15 is 0 Å². The Balaban J connectivity index is 1.78. The molecular weight excluding hydrogens is 332 g/mol. The fourth-order valence-electron chi connectivity index (χ4n) is 2.02. The zero-order valence-electron chi connectivity index (χ0n) is 12.1. The van der Waals surface area contributed by atoms with Gasteiger partial charge in [0.15, 0.2) is 5.13 Å². The van der Waals surface area contributed by atoms with Crippen LogP contribution in [-0.2, 0) is 0 Å². The van der Waals surface area contributed by atoms with Crippen molar-refractivity contribution in [3.05, 3.63) is 70.6 Å². The molecule has 1 heterocycles. The second-order valence-electron chi connectivity index (χ2n) is 4.81. The number of carbonyl (C=O) groups excluding carboxylic acids is 1. The predicted octanol–water partition coefficient (Wildman–Crippen LogP) is 4.21. The second-order valence-corrected chi connectivity index (χ2v) is 5.66. The van der Waals surface area contributed by atoms with Crippen molar-refractivity contribution in [3.8, 4) is 17.3 Å². The summed E-state index contributed by atoms with van der Waals surface area (Å²) in [7, 11) is 0. The van der Waals surface area contributed by atoms with Crippen LogP contribution >= 0.6 is 11.3 Å². The highest BCUT2D eigenvalue weighted by Gasteiger charge is 2.13. The Morgan fingerprint density at radius 3 is 2.58 bits per heavy atom. The fourth-order valence-corrected chi connectivity index (χ4v) is 2.72. The number of nitrogens with one attached hydrogen (secondary N) is 1. The van der Waals surface area contributed by atoms with Gasteiger partial charge in [-0.1, -0.05) is 0 Å². The molecule has 3 aromatic rings. The minimum atomic E-state index is -0.717. The van der Waals surface area contributed by atoms with Gasteiger partial charge in [0.2, 0.25) is 0 Å². The van der Waals surface area contributed by atoms with Gasteiger partial charge in [0.05, 0.1) is 17.3 Å². The molecule has 0 unspecified atom stereocenters. The molecular formula is C17H9F2N3OS. The lowest BCUT2D eigenvalue weighted by Crippen LogP contribution is -2.11. The van der Waals surface area contributed by atoms with Gasteiger partial charge in [-0.15, -0.1) is 11.3 Å². The third-order valence-electron chi connectivity index (χ3n) is 3.21. The quantitative estimate of drug-likeness (QED) is 0.776. The van der Waals surface area contributed by atoms with Crippen molar-refractivity contribution in [2.75, 3.05) is 5.32 Å². The highest BCUT2D eigenvalue weighted by molar-refractivity contribution is 7.14. The fraction of sp³-hybridized carbons (Fsp3) is 0. The number of nitrogens with zero attached hydrogens (tertiary/aromatic N) is 2. The van der Waals surface area contributed by atoms with Gasteiger partial charge >= 0.3 is 0 Å². The molecule has 1 N–H and O–H groups in total. The average Bonchev–Trinajstić information content (AvgIpc) is 3.03. The van der Waals surface area contributed by atoms with E-state index in [9.17, 15) is 13.6 Å². The molecule has 0 saturated heterocycles. The van der Waals surface area contributed by atoms with Crippen molar-refractivity contribution < 1.29 is 13.6 Å². The van der Waals surface area contributed by atoms with Crippen molar-refractivity contribution in [1.82, 2.24) is 4.98 Å². The lowest BCUT2D eigenvalue weighted by atomic mass is 10.1. The standard InChI is InChI=1S/C17H9F2N3OS/c18-12-5-6-13(14(19)7-12)15-9-24-17(21-15)22-16(23)11-3-1-10(8-20)2-4-11/h1-7,9H,(H,21,22,23). The molecule has 7 heteroatoms. The molecule has 1 aromatic heterocycles. The Kier molecular flexibility index (Phi) is 4.31. The van der Waals surface area contributed by atoms with Crippen molar-refractivity contribution >= 4 is 22.4 Å². The van der Waals surface area contributed by atoms with Crippen LogP contribution in [0.2, 0.25) is 0 Å². The summed E-state index contributed by atoms with van der Waals surface area (Å²) >= 11 is 1.13. The Morgan fingerprint density at radius 2 is 1.92 bits per heavy atom. The molecule has 118 valence electrons. The maximum atomic E-state index is 13.8. The number of nitriles is 1. The highest BCUT2D eigenvalue weighted by atomic mass is 32.1. The Bertz CT molecular complexity index is 945. The number of rotatable bonds is 3. The molecule has 0 aliphatic rings. The molecule has 4 nitrogen and oxygen atoms in total. The number of benzene rings is 2. The van der Waals surface area contributed by atoms with E-state index in [2.05, 4.69) is 10.3 Å². The molecule has 0 spiro atoms. The van der Waals surface area contributed by atoms with Crippen LogP contribution in [0, 0.1) is 23.0 Å². The lowest BCUT2D eigenvalue weighted by molar-refractivity contribution is 0.102. The Labute approximate surface area is 140 Å². The molecule has 0 saturated carbocycles. The number of anilines is 1. The second kappa shape index (κ2) is 6.56. The summed E-state index contributed by atoms with van der Waals surface area (Å²) in [5, 5.41) is 13.2. The van der Waals surface area contributed by atoms with Gasteiger partial charge < -0.3 is 0 Å². The summed E-state index contributed by atoms with van der Waals surface area (Å²) in [6.07, 6.45) is 0. The summed E-state index contributed by atoms with van der Waals surface area (Å²) in [6.45, 7) is 0. The van der Waals surface area contributed by atoms with Crippen molar-refractivity contribution in [3.63, 3.8) is 0 Å². The first-order valence-electron chi connectivity index (χ1n) is 6.79. The molecule has 24 heavy (non-hydrogen) atoms. The van der Waals surface area contributed by atoms with E-state index in [-0.39, 0.29) is 11.5 Å². The number of hydrogen-bond donors (Lipinski definition) is 1. The van der Waals surface area contributed by atoms with Gasteiger partial charge in [0.25, 0.3) is 5.91 Å². The van der Waals surface area contributed by atoms with Crippen molar-refractivity contribution in [2.24, 2.45) is 0 Å². The van der Waals surface area contributed by atoms with E-state index in [4.69, 9.17) is 5.26 Å². The van der Waals surface area contributed by atoms with Gasteiger partial charge in [-0.3, -0.25) is 10.1 Å². The van der Waals surface area contributed by atoms with Crippen molar-refractivity contribution in [2.45, 2.75) is 0 Å². The molecule has 0 radical (unpaired) electrons. The maximum absolute atomic E-state index is 13.8. The first kappa shape index (κ1) is 15.8. The molecule has 1 amide bonds. The van der Waals surface area contributed by atoms with Gasteiger partial charge in [0.1, 0.15) is 11.6 Å². The molecule has 0 atom stereocenters. The maximum Gasteiger partial charge on any atom is 0.257 e. The summed E-state index contributed by atoms with van der Waals surface area (Å²) in [5.41, 5.74) is 1.30. The van der Waals surface area contributed by atoms with Crippen LogP contribution in [0.3, 0.4) is 0 Å². The smallest absolute Gasteiger partial charge is 0.257 e. The van der Waals surface area contributed by atoms with E-state index in [1.807, 2.05) is 6.07 Å². The molecule has 0 fully saturated rings. The monoisotopic (exact) mass is 341 g/mol. The van der Waals surface area contributed by atoms with Crippen LogP contribution in [0.1, 0.15) is 15.9 Å². The molecule has 0 aliphatic heterocycles. The third kappa shape index (κ3) is 3.29. The van der Waals surface area contributed by atoms with E-state index < -0.39 is 11.6 Å². The first-order chi connectivity index (χ1) is 11.6. The van der Waals surface area contributed by atoms with E-state index in [0.29, 0.717) is 22.0 Å². The summed E-state index contributed by atoms with van der Waals surface area (Å²) in [4.78, 5) is 16.3. The van der Waals surface area contributed by atoms with Crippen LogP contribution in [0.15, 0.2) is 47.8 Å². The van der Waals surface area contributed by atoms with E-state index in [1.54, 1.807) is 5.38 Å². The van der Waals surface area contributed by atoms with Gasteiger partial charge in [0, 0.05) is 22.6 Å². The average molecular weight is 341 g/mol. The number of thiazole rings is 1. The van der Waals surface area contributed by atoms with Gasteiger partial charge in [-0.25, -0.2) is 13.8 Å². The normalized spacial score (nSPS) is 10.2. The minimum Gasteiger partial charge on any atom is -0.298 e. The number of aromatic nitrogens is 1. The van der Waals surface area contributed by atoms with Gasteiger partial charge in [-0.05, 0) is 36.4 Å². The number of amides is 1. The predicted molar refractivity (Wildman–Crippen MR) is 86.6 cm³/mol. The van der Waals surface area contributed by atoms with Crippen LogP contribution in [0.25, 0.3) is 11.3 Å². The van der Waals surface area contributed by atoms with E-state index in [1.165, 1.54) is 30.3 Å². The van der Waals surface area contributed by atoms with Crippen LogP contribution < -0.4 is 5.32 Å². The molecule has 0 aliphatic carbocycles. The number of hydrogen-bond acceptors (Lipinski definition) is 4. The molecule has 0 bridgehead atoms.